The van der Waals surface area contributed by atoms with Crippen LogP contribution in [0.25, 0.3) is 0 Å². The van der Waals surface area contributed by atoms with Gasteiger partial charge < -0.3 is 14.8 Å². The molecule has 0 aliphatic carbocycles. The quantitative estimate of drug-likeness (QED) is 0.467. The zero-order valence-electron chi connectivity index (χ0n) is 15.1. The molecule has 1 aliphatic rings. The Labute approximate surface area is 184 Å². The van der Waals surface area contributed by atoms with Crippen molar-refractivity contribution in [2.45, 2.75) is 0 Å². The number of hydrogen-bond donors (Lipinski definition) is 1. The van der Waals surface area contributed by atoms with E-state index in [2.05, 4.69) is 37.2 Å². The van der Waals surface area contributed by atoms with Gasteiger partial charge in [0.1, 0.15) is 13.2 Å². The Bertz CT molecular complexity index is 1100. The van der Waals surface area contributed by atoms with Gasteiger partial charge in [-0.3, -0.25) is 9.59 Å². The van der Waals surface area contributed by atoms with Crippen molar-refractivity contribution >= 4 is 49.2 Å². The molecule has 5 nitrogen and oxygen atoms in total. The predicted octanol–water partition coefficient (Wildman–Crippen LogP) is 5.47. The fourth-order valence-corrected chi connectivity index (χ4v) is 3.62. The molecule has 146 valence electrons. The Kier molecular flexibility index (Phi) is 5.69. The van der Waals surface area contributed by atoms with Crippen molar-refractivity contribution < 1.29 is 19.1 Å². The Hall–Kier alpha value is -2.64. The van der Waals surface area contributed by atoms with Crippen LogP contribution in [0, 0.1) is 0 Å². The molecule has 0 saturated heterocycles. The van der Waals surface area contributed by atoms with Gasteiger partial charge in [0.2, 0.25) is 0 Å². The Morgan fingerprint density at radius 2 is 1.48 bits per heavy atom. The highest BCUT2D eigenvalue weighted by molar-refractivity contribution is 9.10. The zero-order valence-corrected chi connectivity index (χ0v) is 18.2. The number of halogens is 2. The second-order valence-electron chi connectivity index (χ2n) is 6.34. The number of rotatable bonds is 4. The summed E-state index contributed by atoms with van der Waals surface area (Å²) in [6, 6.07) is 17.3. The van der Waals surface area contributed by atoms with E-state index < -0.39 is 0 Å². The number of fused-ring (bicyclic) bond motifs is 1. The summed E-state index contributed by atoms with van der Waals surface area (Å²) in [4.78, 5) is 25.9. The van der Waals surface area contributed by atoms with E-state index in [1.54, 1.807) is 54.6 Å². The number of ketones is 1. The maximum atomic E-state index is 13.2. The summed E-state index contributed by atoms with van der Waals surface area (Å²) in [7, 11) is 0. The van der Waals surface area contributed by atoms with Crippen molar-refractivity contribution in [3.8, 4) is 11.5 Å². The van der Waals surface area contributed by atoms with E-state index in [-0.39, 0.29) is 11.7 Å². The third-order valence-electron chi connectivity index (χ3n) is 4.37. The van der Waals surface area contributed by atoms with E-state index in [0.29, 0.717) is 47.1 Å². The first-order valence-electron chi connectivity index (χ1n) is 8.82. The number of carbonyl (C=O) groups excluding carboxylic acids is 2. The molecule has 1 N–H and O–H groups in total. The summed E-state index contributed by atoms with van der Waals surface area (Å²) in [6.07, 6.45) is 0. The fourth-order valence-electron chi connectivity index (χ4n) is 2.96. The topological polar surface area (TPSA) is 64.6 Å². The van der Waals surface area contributed by atoms with E-state index in [0.717, 1.165) is 8.95 Å². The van der Waals surface area contributed by atoms with Gasteiger partial charge in [-0.05, 0) is 48.5 Å². The van der Waals surface area contributed by atoms with E-state index in [4.69, 9.17) is 9.47 Å². The predicted molar refractivity (Wildman–Crippen MR) is 117 cm³/mol. The molecule has 3 aromatic rings. The number of amides is 1. The van der Waals surface area contributed by atoms with Gasteiger partial charge in [0.25, 0.3) is 5.91 Å². The molecule has 0 saturated carbocycles. The average Bonchev–Trinajstić information content (AvgIpc) is 2.73. The average molecular weight is 517 g/mol. The third kappa shape index (κ3) is 4.36. The molecule has 0 bridgehead atoms. The SMILES string of the molecule is O=C(Nc1cc2c(cc1C(=O)c1ccc(Br)cc1)OCCO2)c1cccc(Br)c1. The van der Waals surface area contributed by atoms with Crippen LogP contribution in [0.5, 0.6) is 11.5 Å². The third-order valence-corrected chi connectivity index (χ3v) is 5.39. The summed E-state index contributed by atoms with van der Waals surface area (Å²) in [5, 5.41) is 2.84. The van der Waals surface area contributed by atoms with Gasteiger partial charge in [-0.25, -0.2) is 0 Å². The summed E-state index contributed by atoms with van der Waals surface area (Å²) in [5.41, 5.74) is 1.67. The molecule has 0 unspecified atom stereocenters. The first-order valence-corrected chi connectivity index (χ1v) is 10.4. The maximum Gasteiger partial charge on any atom is 0.255 e. The molecule has 0 aromatic heterocycles. The molecule has 29 heavy (non-hydrogen) atoms. The molecule has 7 heteroatoms. The molecule has 0 fully saturated rings. The molecule has 4 rings (SSSR count). The molecular formula is C22H15Br2NO4. The van der Waals surface area contributed by atoms with Crippen LogP contribution in [0.15, 0.2) is 69.6 Å². The summed E-state index contributed by atoms with van der Waals surface area (Å²) in [5.74, 6) is 0.428. The lowest BCUT2D eigenvalue weighted by molar-refractivity contribution is 0.102. The van der Waals surface area contributed by atoms with Crippen LogP contribution in [-0.4, -0.2) is 24.9 Å². The van der Waals surface area contributed by atoms with Gasteiger partial charge in [-0.2, -0.15) is 0 Å². The van der Waals surface area contributed by atoms with Gasteiger partial charge in [0, 0.05) is 26.1 Å². The van der Waals surface area contributed by atoms with Gasteiger partial charge in [0.15, 0.2) is 17.3 Å². The molecule has 1 aliphatic heterocycles. The van der Waals surface area contributed by atoms with Gasteiger partial charge in [0.05, 0.1) is 11.3 Å². The maximum absolute atomic E-state index is 13.2. The summed E-state index contributed by atoms with van der Waals surface area (Å²) >= 11 is 6.74. The Morgan fingerprint density at radius 3 is 2.17 bits per heavy atom. The van der Waals surface area contributed by atoms with E-state index in [9.17, 15) is 9.59 Å². The number of hydrogen-bond acceptors (Lipinski definition) is 4. The summed E-state index contributed by atoms with van der Waals surface area (Å²) < 4.78 is 12.9. The zero-order chi connectivity index (χ0) is 20.4. The minimum atomic E-state index is -0.326. The normalized spacial score (nSPS) is 12.3. The molecule has 0 atom stereocenters. The van der Waals surface area contributed by atoms with Crippen LogP contribution in [0.1, 0.15) is 26.3 Å². The van der Waals surface area contributed by atoms with Crippen molar-refractivity contribution in [1.82, 2.24) is 0 Å². The summed E-state index contributed by atoms with van der Waals surface area (Å²) in [6.45, 7) is 0.814. The van der Waals surface area contributed by atoms with E-state index >= 15 is 0 Å². The minimum Gasteiger partial charge on any atom is -0.486 e. The number of nitrogens with one attached hydrogen (secondary N) is 1. The lowest BCUT2D eigenvalue weighted by Crippen LogP contribution is -2.19. The van der Waals surface area contributed by atoms with Crippen LogP contribution >= 0.6 is 31.9 Å². The largest absolute Gasteiger partial charge is 0.486 e. The molecule has 1 amide bonds. The van der Waals surface area contributed by atoms with E-state index in [1.807, 2.05) is 6.07 Å². The minimum absolute atomic E-state index is 0.223. The monoisotopic (exact) mass is 515 g/mol. The smallest absolute Gasteiger partial charge is 0.255 e. The van der Waals surface area contributed by atoms with Gasteiger partial charge >= 0.3 is 0 Å². The highest BCUT2D eigenvalue weighted by atomic mass is 79.9. The van der Waals surface area contributed by atoms with Crippen molar-refractivity contribution in [3.63, 3.8) is 0 Å². The second kappa shape index (κ2) is 8.39. The lowest BCUT2D eigenvalue weighted by Gasteiger charge is -2.21. The molecule has 3 aromatic carbocycles. The molecule has 0 spiro atoms. The molecule has 0 radical (unpaired) electrons. The lowest BCUT2D eigenvalue weighted by atomic mass is 10.0. The van der Waals surface area contributed by atoms with Crippen molar-refractivity contribution in [1.29, 1.82) is 0 Å². The number of anilines is 1. The van der Waals surface area contributed by atoms with Crippen LogP contribution in [0.3, 0.4) is 0 Å². The number of benzene rings is 3. The fraction of sp³-hybridized carbons (Fsp3) is 0.0909. The first-order chi connectivity index (χ1) is 14.0. The first kappa shape index (κ1) is 19.7. The van der Waals surface area contributed by atoms with Crippen molar-refractivity contribution in [2.24, 2.45) is 0 Å². The molecular weight excluding hydrogens is 502 g/mol. The Balaban J connectivity index is 1.74. The van der Waals surface area contributed by atoms with Crippen LogP contribution < -0.4 is 14.8 Å². The van der Waals surface area contributed by atoms with Crippen LogP contribution in [0.2, 0.25) is 0 Å². The molecule has 1 heterocycles. The van der Waals surface area contributed by atoms with Crippen molar-refractivity contribution in [2.75, 3.05) is 18.5 Å². The van der Waals surface area contributed by atoms with E-state index in [1.165, 1.54) is 0 Å². The van der Waals surface area contributed by atoms with Gasteiger partial charge in [-0.1, -0.05) is 37.9 Å². The van der Waals surface area contributed by atoms with Crippen LogP contribution in [0.4, 0.5) is 5.69 Å². The van der Waals surface area contributed by atoms with Gasteiger partial charge in [-0.15, -0.1) is 0 Å². The highest BCUT2D eigenvalue weighted by Crippen LogP contribution is 2.37. The standard InChI is InChI=1S/C22H15Br2NO4/c23-15-6-4-13(5-7-15)21(26)17-11-19-20(29-9-8-28-19)12-18(17)25-22(27)14-2-1-3-16(24)10-14/h1-7,10-12H,8-9H2,(H,25,27). The highest BCUT2D eigenvalue weighted by Gasteiger charge is 2.22. The van der Waals surface area contributed by atoms with Crippen molar-refractivity contribution in [3.05, 3.63) is 86.3 Å². The van der Waals surface area contributed by atoms with Crippen LogP contribution in [-0.2, 0) is 0 Å². The second-order valence-corrected chi connectivity index (χ2v) is 8.17. The Morgan fingerprint density at radius 1 is 0.793 bits per heavy atom. The number of carbonyl (C=O) groups is 2. The number of ether oxygens (including phenoxy) is 2.